The third-order valence-electron chi connectivity index (χ3n) is 2.66. The molecule has 0 heterocycles. The Bertz CT molecular complexity index is 707. The van der Waals surface area contributed by atoms with Crippen molar-refractivity contribution in [2.24, 2.45) is 0 Å². The Balaban J connectivity index is 2.17. The molecule has 2 N–H and O–H groups in total. The van der Waals surface area contributed by atoms with Gasteiger partial charge >= 0.3 is 12.2 Å². The van der Waals surface area contributed by atoms with Crippen molar-refractivity contribution in [3.8, 4) is 0 Å². The number of halogens is 5. The molecule has 2 rings (SSSR count). The molecule has 0 aromatic heterocycles. The van der Waals surface area contributed by atoms with Crippen molar-refractivity contribution in [1.29, 1.82) is 0 Å². The molecule has 0 saturated carbocycles. The molecule has 116 valence electrons. The van der Waals surface area contributed by atoms with Crippen LogP contribution in [0.4, 0.5) is 29.3 Å². The first-order chi connectivity index (χ1) is 10.3. The van der Waals surface area contributed by atoms with Crippen molar-refractivity contribution in [3.05, 3.63) is 57.5 Å². The van der Waals surface area contributed by atoms with Gasteiger partial charge in [0, 0.05) is 4.47 Å². The van der Waals surface area contributed by atoms with Crippen LogP contribution < -0.4 is 10.6 Å². The highest BCUT2D eigenvalue weighted by Gasteiger charge is 2.31. The lowest BCUT2D eigenvalue weighted by molar-refractivity contribution is -0.137. The van der Waals surface area contributed by atoms with Gasteiger partial charge in [-0.15, -0.1) is 0 Å². The fraction of sp³-hybridized carbons (Fsp3) is 0.0714. The van der Waals surface area contributed by atoms with Crippen LogP contribution in [0.15, 0.2) is 46.9 Å². The second kappa shape index (κ2) is 6.58. The lowest BCUT2D eigenvalue weighted by Gasteiger charge is -2.13. The van der Waals surface area contributed by atoms with Crippen LogP contribution in [0.1, 0.15) is 5.56 Å². The molecule has 3 nitrogen and oxygen atoms in total. The van der Waals surface area contributed by atoms with E-state index in [0.29, 0.717) is 10.2 Å². The molecular formula is C14H9BrClF3N2O. The van der Waals surface area contributed by atoms with Gasteiger partial charge in [-0.05, 0) is 46.3 Å². The average molecular weight is 394 g/mol. The number of anilines is 2. The van der Waals surface area contributed by atoms with Crippen molar-refractivity contribution >= 4 is 44.9 Å². The van der Waals surface area contributed by atoms with Crippen LogP contribution in [0.3, 0.4) is 0 Å². The first-order valence-corrected chi connectivity index (χ1v) is 7.14. The van der Waals surface area contributed by atoms with Crippen LogP contribution in [-0.4, -0.2) is 6.03 Å². The van der Waals surface area contributed by atoms with Gasteiger partial charge in [-0.1, -0.05) is 23.7 Å². The van der Waals surface area contributed by atoms with E-state index in [4.69, 9.17) is 11.6 Å². The molecule has 0 aliphatic carbocycles. The summed E-state index contributed by atoms with van der Waals surface area (Å²) in [5.74, 6) is 0. The molecule has 2 aromatic carbocycles. The predicted octanol–water partition coefficient (Wildman–Crippen LogP) is 5.77. The summed E-state index contributed by atoms with van der Waals surface area (Å²) in [6.07, 6.45) is -4.51. The van der Waals surface area contributed by atoms with Gasteiger partial charge in [-0.25, -0.2) is 4.79 Å². The van der Waals surface area contributed by atoms with Crippen LogP contribution in [0.25, 0.3) is 0 Å². The Hall–Kier alpha value is -1.73. The van der Waals surface area contributed by atoms with Crippen molar-refractivity contribution < 1.29 is 18.0 Å². The van der Waals surface area contributed by atoms with Gasteiger partial charge < -0.3 is 10.6 Å². The number of carbonyl (C=O) groups excluding carboxylic acids is 1. The Labute approximate surface area is 137 Å². The maximum Gasteiger partial charge on any atom is 0.416 e. The number of nitrogens with one attached hydrogen (secondary N) is 2. The fourth-order valence-corrected chi connectivity index (χ4v) is 2.18. The first-order valence-electron chi connectivity index (χ1n) is 5.96. The fourth-order valence-electron chi connectivity index (χ4n) is 1.64. The molecule has 0 spiro atoms. The van der Waals surface area contributed by atoms with Crippen LogP contribution in [0, 0.1) is 0 Å². The highest BCUT2D eigenvalue weighted by molar-refractivity contribution is 9.10. The Morgan fingerprint density at radius 3 is 2.32 bits per heavy atom. The number of benzene rings is 2. The summed E-state index contributed by atoms with van der Waals surface area (Å²) in [5, 5.41) is 4.81. The van der Waals surface area contributed by atoms with E-state index in [9.17, 15) is 18.0 Å². The molecule has 2 aromatic rings. The quantitative estimate of drug-likeness (QED) is 0.668. The first kappa shape index (κ1) is 16.6. The molecule has 0 aliphatic heterocycles. The third kappa shape index (κ3) is 4.14. The van der Waals surface area contributed by atoms with E-state index < -0.39 is 17.8 Å². The summed E-state index contributed by atoms with van der Waals surface area (Å²) in [6.45, 7) is 0. The SMILES string of the molecule is O=C(Nc1cc(C(F)(F)F)ccc1Cl)Nc1ccccc1Br. The maximum absolute atomic E-state index is 12.7. The zero-order valence-corrected chi connectivity index (χ0v) is 13.2. The molecule has 8 heteroatoms. The summed E-state index contributed by atoms with van der Waals surface area (Å²) in [4.78, 5) is 11.9. The highest BCUT2D eigenvalue weighted by atomic mass is 79.9. The molecule has 0 radical (unpaired) electrons. The van der Waals surface area contributed by atoms with E-state index in [0.717, 1.165) is 18.2 Å². The van der Waals surface area contributed by atoms with Crippen molar-refractivity contribution in [2.45, 2.75) is 6.18 Å². The highest BCUT2D eigenvalue weighted by Crippen LogP contribution is 2.34. The number of hydrogen-bond donors (Lipinski definition) is 2. The van der Waals surface area contributed by atoms with Crippen LogP contribution in [0.2, 0.25) is 5.02 Å². The standard InChI is InChI=1S/C14H9BrClF3N2O/c15-9-3-1-2-4-11(9)20-13(22)21-12-7-8(14(17,18)19)5-6-10(12)16/h1-7H,(H2,20,21,22). The van der Waals surface area contributed by atoms with E-state index in [1.54, 1.807) is 24.3 Å². The van der Waals surface area contributed by atoms with E-state index >= 15 is 0 Å². The maximum atomic E-state index is 12.7. The molecule has 0 atom stereocenters. The van der Waals surface area contributed by atoms with E-state index in [1.807, 2.05) is 0 Å². The number of carbonyl (C=O) groups is 1. The summed E-state index contributed by atoms with van der Waals surface area (Å²) >= 11 is 9.05. The second-order valence-corrected chi connectivity index (χ2v) is 5.51. The number of urea groups is 1. The van der Waals surface area contributed by atoms with Crippen molar-refractivity contribution in [3.63, 3.8) is 0 Å². The molecule has 0 unspecified atom stereocenters. The summed E-state index contributed by atoms with van der Waals surface area (Å²) in [6, 6.07) is 8.83. The molecule has 0 saturated heterocycles. The summed E-state index contributed by atoms with van der Waals surface area (Å²) in [5.41, 5.74) is -0.544. The van der Waals surface area contributed by atoms with Crippen LogP contribution >= 0.6 is 27.5 Å². The predicted molar refractivity (Wildman–Crippen MR) is 83.2 cm³/mol. The van der Waals surface area contributed by atoms with Crippen LogP contribution in [0.5, 0.6) is 0 Å². The normalized spacial score (nSPS) is 11.1. The zero-order chi connectivity index (χ0) is 16.3. The molecule has 0 bridgehead atoms. The minimum atomic E-state index is -4.51. The van der Waals surface area contributed by atoms with Crippen LogP contribution in [-0.2, 0) is 6.18 Å². The van der Waals surface area contributed by atoms with Gasteiger partial charge in [0.1, 0.15) is 0 Å². The summed E-state index contributed by atoms with van der Waals surface area (Å²) in [7, 11) is 0. The lowest BCUT2D eigenvalue weighted by Crippen LogP contribution is -2.20. The zero-order valence-electron chi connectivity index (χ0n) is 10.8. The molecule has 22 heavy (non-hydrogen) atoms. The van der Waals surface area contributed by atoms with Gasteiger partial charge in [0.25, 0.3) is 0 Å². The van der Waals surface area contributed by atoms with Gasteiger partial charge in [-0.3, -0.25) is 0 Å². The number of amides is 2. The van der Waals surface area contributed by atoms with Gasteiger partial charge in [0.15, 0.2) is 0 Å². The number of rotatable bonds is 2. The topological polar surface area (TPSA) is 41.1 Å². The lowest BCUT2D eigenvalue weighted by atomic mass is 10.2. The summed E-state index contributed by atoms with van der Waals surface area (Å²) < 4.78 is 38.6. The monoisotopic (exact) mass is 392 g/mol. The number of para-hydroxylation sites is 1. The minimum Gasteiger partial charge on any atom is -0.307 e. The van der Waals surface area contributed by atoms with Gasteiger partial charge in [-0.2, -0.15) is 13.2 Å². The van der Waals surface area contributed by atoms with E-state index in [1.165, 1.54) is 0 Å². The smallest absolute Gasteiger partial charge is 0.307 e. The molecule has 2 amide bonds. The number of alkyl halides is 3. The largest absolute Gasteiger partial charge is 0.416 e. The van der Waals surface area contributed by atoms with Crippen molar-refractivity contribution in [2.75, 3.05) is 10.6 Å². The Kier molecular flexibility index (Phi) is 4.97. The average Bonchev–Trinajstić information content (AvgIpc) is 2.42. The number of hydrogen-bond acceptors (Lipinski definition) is 1. The minimum absolute atomic E-state index is 0.00952. The molecular weight excluding hydrogens is 385 g/mol. The van der Waals surface area contributed by atoms with Crippen molar-refractivity contribution in [1.82, 2.24) is 0 Å². The van der Waals surface area contributed by atoms with Gasteiger partial charge in [0.2, 0.25) is 0 Å². The van der Waals surface area contributed by atoms with Gasteiger partial charge in [0.05, 0.1) is 22.0 Å². The Morgan fingerprint density at radius 2 is 1.68 bits per heavy atom. The second-order valence-electron chi connectivity index (χ2n) is 4.25. The third-order valence-corrected chi connectivity index (χ3v) is 3.69. The molecule has 0 fully saturated rings. The Morgan fingerprint density at radius 1 is 1.05 bits per heavy atom. The van der Waals surface area contributed by atoms with E-state index in [-0.39, 0.29) is 10.7 Å². The molecule has 0 aliphatic rings. The van der Waals surface area contributed by atoms with E-state index in [2.05, 4.69) is 26.6 Å².